The third kappa shape index (κ3) is 2.94. The van der Waals surface area contributed by atoms with Crippen LogP contribution in [0.3, 0.4) is 0 Å². The van der Waals surface area contributed by atoms with Crippen LogP contribution in [-0.4, -0.2) is 18.2 Å². The van der Waals surface area contributed by atoms with Crippen molar-refractivity contribution in [1.29, 1.82) is 0 Å². The van der Waals surface area contributed by atoms with E-state index in [9.17, 15) is 21.6 Å². The number of anilines is 1. The minimum absolute atomic E-state index is 0.0670. The van der Waals surface area contributed by atoms with Crippen molar-refractivity contribution in [3.63, 3.8) is 0 Å². The maximum Gasteiger partial charge on any atom is 0.265 e. The lowest BCUT2D eigenvalue weighted by Crippen LogP contribution is -2.15. The summed E-state index contributed by atoms with van der Waals surface area (Å²) in [6.07, 6.45) is 1.29. The number of aryl methyl sites for hydroxylation is 1. The van der Waals surface area contributed by atoms with Gasteiger partial charge in [-0.15, -0.1) is 0 Å². The van der Waals surface area contributed by atoms with E-state index in [1.807, 2.05) is 18.6 Å². The Morgan fingerprint density at radius 1 is 1.18 bits per heavy atom. The molecule has 0 aliphatic rings. The topological polar surface area (TPSA) is 64.0 Å². The highest BCUT2D eigenvalue weighted by molar-refractivity contribution is 7.92. The first-order valence-corrected chi connectivity index (χ1v) is 7.84. The van der Waals surface area contributed by atoms with Crippen LogP contribution in [-0.2, 0) is 10.0 Å². The van der Waals surface area contributed by atoms with Gasteiger partial charge in [0.05, 0.1) is 11.4 Å². The number of nitrogens with one attached hydrogen (secondary N) is 1. The first-order chi connectivity index (χ1) is 10.1. The molecule has 9 heteroatoms. The first kappa shape index (κ1) is 16.3. The van der Waals surface area contributed by atoms with E-state index in [-0.39, 0.29) is 16.6 Å². The summed E-state index contributed by atoms with van der Waals surface area (Å²) < 4.78 is 67.5. The van der Waals surface area contributed by atoms with Crippen LogP contribution in [0.4, 0.5) is 18.9 Å². The molecular formula is C13H14F3N3O2S. The summed E-state index contributed by atoms with van der Waals surface area (Å²) in [7, 11) is -4.17. The Hall–Kier alpha value is -2.03. The summed E-state index contributed by atoms with van der Waals surface area (Å²) in [4.78, 5) is -0.162. The van der Waals surface area contributed by atoms with Gasteiger partial charge >= 0.3 is 0 Å². The van der Waals surface area contributed by atoms with Gasteiger partial charge in [-0.25, -0.2) is 21.6 Å². The summed E-state index contributed by atoms with van der Waals surface area (Å²) in [6.45, 7) is 5.10. The van der Waals surface area contributed by atoms with Gasteiger partial charge in [-0.2, -0.15) is 5.10 Å². The summed E-state index contributed by atoms with van der Waals surface area (Å²) in [5.74, 6) is -4.74. The van der Waals surface area contributed by atoms with Gasteiger partial charge in [-0.3, -0.25) is 9.40 Å². The van der Waals surface area contributed by atoms with Gasteiger partial charge in [0, 0.05) is 12.2 Å². The van der Waals surface area contributed by atoms with Crippen molar-refractivity contribution in [2.45, 2.75) is 31.7 Å². The average Bonchev–Trinajstić information content (AvgIpc) is 2.83. The molecule has 1 N–H and O–H groups in total. The van der Waals surface area contributed by atoms with Crippen LogP contribution in [0.25, 0.3) is 0 Å². The van der Waals surface area contributed by atoms with Crippen LogP contribution in [0.5, 0.6) is 0 Å². The fourth-order valence-corrected chi connectivity index (χ4v) is 3.03. The molecule has 120 valence electrons. The number of sulfonamides is 1. The highest BCUT2D eigenvalue weighted by atomic mass is 32.2. The van der Waals surface area contributed by atoms with Gasteiger partial charge in [0.25, 0.3) is 10.0 Å². The maximum absolute atomic E-state index is 13.6. The van der Waals surface area contributed by atoms with E-state index < -0.39 is 33.2 Å². The van der Waals surface area contributed by atoms with Crippen LogP contribution >= 0.6 is 0 Å². The normalized spacial score (nSPS) is 12.0. The zero-order valence-corrected chi connectivity index (χ0v) is 12.9. The number of rotatable bonds is 4. The monoisotopic (exact) mass is 333 g/mol. The molecule has 2 aromatic rings. The minimum Gasteiger partial charge on any atom is -0.276 e. The maximum atomic E-state index is 13.6. The van der Waals surface area contributed by atoms with Crippen molar-refractivity contribution in [1.82, 2.24) is 9.78 Å². The number of halogens is 3. The second-order valence-corrected chi connectivity index (χ2v) is 6.63. The molecule has 1 aromatic carbocycles. The van der Waals surface area contributed by atoms with Crippen LogP contribution < -0.4 is 4.72 Å². The van der Waals surface area contributed by atoms with Crippen molar-refractivity contribution >= 4 is 15.7 Å². The molecule has 0 fully saturated rings. The zero-order chi connectivity index (χ0) is 16.7. The van der Waals surface area contributed by atoms with Gasteiger partial charge in [0.2, 0.25) is 0 Å². The second-order valence-electron chi connectivity index (χ2n) is 4.98. The molecule has 0 aliphatic carbocycles. The minimum atomic E-state index is -4.17. The number of nitrogens with zero attached hydrogens (tertiary/aromatic N) is 2. The molecule has 0 spiro atoms. The van der Waals surface area contributed by atoms with Crippen LogP contribution in [0.1, 0.15) is 25.6 Å². The quantitative estimate of drug-likeness (QED) is 0.875. The first-order valence-electron chi connectivity index (χ1n) is 6.35. The molecule has 0 aliphatic heterocycles. The molecule has 0 saturated carbocycles. The Morgan fingerprint density at radius 2 is 1.82 bits per heavy atom. The van der Waals surface area contributed by atoms with E-state index in [0.29, 0.717) is 6.07 Å². The summed E-state index contributed by atoms with van der Waals surface area (Å²) >= 11 is 0. The molecule has 0 amide bonds. The fraction of sp³-hybridized carbons (Fsp3) is 0.308. The van der Waals surface area contributed by atoms with Crippen LogP contribution in [0, 0.1) is 24.4 Å². The molecule has 0 atom stereocenters. The summed E-state index contributed by atoms with van der Waals surface area (Å²) in [5.41, 5.74) is -0.459. The number of hydrogen-bond donors (Lipinski definition) is 1. The predicted molar refractivity (Wildman–Crippen MR) is 74.5 cm³/mol. The predicted octanol–water partition coefficient (Wildman–Crippen LogP) is 2.99. The molecule has 22 heavy (non-hydrogen) atoms. The van der Waals surface area contributed by atoms with Gasteiger partial charge in [-0.1, -0.05) is 0 Å². The molecule has 0 unspecified atom stereocenters. The highest BCUT2D eigenvalue weighted by Gasteiger charge is 2.24. The standard InChI is InChI=1S/C13H14F3N3O2S/c1-7(2)19-6-11(8(3)17-19)22(20,21)18-10-5-4-9(14)12(15)13(10)16/h4-7,18H,1-3H3. The van der Waals surface area contributed by atoms with Crippen molar-refractivity contribution in [2.24, 2.45) is 0 Å². The van der Waals surface area contributed by atoms with E-state index in [1.54, 1.807) is 0 Å². The molecule has 0 bridgehead atoms. The molecule has 5 nitrogen and oxygen atoms in total. The average molecular weight is 333 g/mol. The van der Waals surface area contributed by atoms with E-state index in [4.69, 9.17) is 0 Å². The zero-order valence-electron chi connectivity index (χ0n) is 12.1. The van der Waals surface area contributed by atoms with E-state index in [0.717, 1.165) is 6.07 Å². The van der Waals surface area contributed by atoms with Crippen molar-refractivity contribution in [3.05, 3.63) is 41.5 Å². The fourth-order valence-electron chi connectivity index (χ4n) is 1.80. The largest absolute Gasteiger partial charge is 0.276 e. The Kier molecular flexibility index (Phi) is 4.19. The van der Waals surface area contributed by atoms with E-state index >= 15 is 0 Å². The summed E-state index contributed by atoms with van der Waals surface area (Å²) in [5, 5.41) is 4.04. The number of aromatic nitrogens is 2. The third-order valence-electron chi connectivity index (χ3n) is 2.97. The third-order valence-corrected chi connectivity index (χ3v) is 4.44. The summed E-state index contributed by atoms with van der Waals surface area (Å²) in [6, 6.07) is 1.39. The molecule has 0 radical (unpaired) electrons. The molecule has 1 aromatic heterocycles. The van der Waals surface area contributed by atoms with Crippen molar-refractivity contribution in [2.75, 3.05) is 4.72 Å². The van der Waals surface area contributed by atoms with Crippen molar-refractivity contribution in [3.8, 4) is 0 Å². The lowest BCUT2D eigenvalue weighted by atomic mass is 10.3. The Morgan fingerprint density at radius 3 is 2.36 bits per heavy atom. The Labute approximate surface area is 125 Å². The molecule has 2 rings (SSSR count). The Bertz CT molecular complexity index is 816. The van der Waals surface area contributed by atoms with Gasteiger partial charge in [0.15, 0.2) is 17.5 Å². The SMILES string of the molecule is Cc1nn(C(C)C)cc1S(=O)(=O)Nc1ccc(F)c(F)c1F. The van der Waals surface area contributed by atoms with Gasteiger partial charge in [-0.05, 0) is 32.9 Å². The van der Waals surface area contributed by atoms with E-state index in [2.05, 4.69) is 5.10 Å². The molecule has 1 heterocycles. The van der Waals surface area contributed by atoms with E-state index in [1.165, 1.54) is 17.8 Å². The Balaban J connectivity index is 2.43. The smallest absolute Gasteiger partial charge is 0.265 e. The lowest BCUT2D eigenvalue weighted by Gasteiger charge is -2.09. The highest BCUT2D eigenvalue weighted by Crippen LogP contribution is 2.24. The van der Waals surface area contributed by atoms with Crippen molar-refractivity contribution < 1.29 is 21.6 Å². The van der Waals surface area contributed by atoms with Crippen LogP contribution in [0.2, 0.25) is 0 Å². The number of benzene rings is 1. The van der Waals surface area contributed by atoms with Gasteiger partial charge < -0.3 is 0 Å². The lowest BCUT2D eigenvalue weighted by molar-refractivity contribution is 0.449. The van der Waals surface area contributed by atoms with Gasteiger partial charge in [0.1, 0.15) is 4.90 Å². The molecule has 0 saturated heterocycles. The second kappa shape index (κ2) is 5.64. The number of hydrogen-bond acceptors (Lipinski definition) is 3. The molecular weight excluding hydrogens is 319 g/mol. The van der Waals surface area contributed by atoms with Crippen LogP contribution in [0.15, 0.2) is 23.2 Å².